The standard InChI is InChI=1S/C87H125N17O19S/c1-44(2)33-49(11)76(111)100-71(47(7)8)85(120)103-73(52(14)105)86(121)99-67(83(118)92-50(12)74(89)109)42-124-43-68(106)93-66(40-88)82(117)95-63(37-54-23-22-26-58(35-54)123-16)78(113)97-65(39-69(107)108)79(114)96-64(38-57-41-91-60-28-21-20-27-59(57)60)81(116)101-70(46(5)6)84(119)98-62(36-53-29-31-56(32-30-53)55-24-18-17-19-25-55)80(115)102-72(48(9)10)87(122)104(15)51(13)77(112)94-61(75(90)110)34-45(3)4/h17-32,35,41,44-52,61-67,70-73,91,105H,33-34,36-40,42-43,88H2,1-16H3,(H2,89,109)(H2,90,110)(H,92,118)(H,93,106)(H,94,112)(H,95,117)(H,96,114)(H,97,113)(H,98,119)(H,99,121)(H,100,111)(H,101,116)(H,102,115)(H,103,120)(H,107,108)/t49-,50-,51-,52+,61+,62-,63-,64-,65-,66-,67-,70-,71-,72-,73-/m0/s1. The van der Waals surface area contributed by atoms with Gasteiger partial charge in [0, 0.05) is 61.6 Å². The lowest BCUT2D eigenvalue weighted by molar-refractivity contribution is -0.143. The molecule has 678 valence electrons. The first-order valence-corrected chi connectivity index (χ1v) is 42.5. The van der Waals surface area contributed by atoms with Crippen LogP contribution in [0.2, 0.25) is 0 Å². The minimum absolute atomic E-state index is 0.0268. The number of carboxylic acids is 1. The fourth-order valence-electron chi connectivity index (χ4n) is 13.4. The lowest BCUT2D eigenvalue weighted by Crippen LogP contribution is -2.62. The van der Waals surface area contributed by atoms with Crippen molar-refractivity contribution in [3.05, 3.63) is 126 Å². The number of aliphatic carboxylic acids is 1. The highest BCUT2D eigenvalue weighted by molar-refractivity contribution is 8.00. The summed E-state index contributed by atoms with van der Waals surface area (Å²) in [7, 11) is 2.74. The fraction of sp³-hybridized carbons (Fsp3) is 0.517. The zero-order valence-corrected chi connectivity index (χ0v) is 74.0. The van der Waals surface area contributed by atoms with Crippen molar-refractivity contribution < 1.29 is 91.7 Å². The number of rotatable bonds is 50. The Morgan fingerprint density at radius 1 is 0.452 bits per heavy atom. The second-order valence-electron chi connectivity index (χ2n) is 33.0. The van der Waals surface area contributed by atoms with E-state index in [4.69, 9.17) is 21.9 Å². The number of carbonyl (C=O) groups is 16. The number of aliphatic hydroxyl groups excluding tert-OH is 1. The smallest absolute Gasteiger partial charge is 0.305 e. The first-order chi connectivity index (χ1) is 58.3. The van der Waals surface area contributed by atoms with Gasteiger partial charge in [0.15, 0.2) is 0 Å². The number of aliphatic hydroxyl groups is 1. The molecule has 1 aromatic heterocycles. The first kappa shape index (κ1) is 103. The van der Waals surface area contributed by atoms with Crippen molar-refractivity contribution >= 4 is 117 Å². The number of amides is 15. The maximum atomic E-state index is 15.2. The number of benzene rings is 4. The van der Waals surface area contributed by atoms with E-state index in [-0.39, 0.29) is 37.5 Å². The Balaban J connectivity index is 1.43. The van der Waals surface area contributed by atoms with Crippen LogP contribution in [-0.2, 0) is 96.0 Å². The van der Waals surface area contributed by atoms with Crippen LogP contribution < -0.4 is 85.7 Å². The van der Waals surface area contributed by atoms with Crippen molar-refractivity contribution in [2.24, 2.45) is 52.7 Å². The molecule has 36 nitrogen and oxygen atoms in total. The van der Waals surface area contributed by atoms with Crippen LogP contribution in [0, 0.1) is 35.5 Å². The highest BCUT2D eigenvalue weighted by Crippen LogP contribution is 2.24. The van der Waals surface area contributed by atoms with Crippen LogP contribution in [0.25, 0.3) is 22.0 Å². The van der Waals surface area contributed by atoms with Crippen LogP contribution in [0.3, 0.4) is 0 Å². The molecule has 5 rings (SSSR count). The SMILES string of the molecule is COc1cccc(C[C@H](NC(=O)[C@H](CN)NC(=O)CSC[C@H](NC(=O)[C@@H](NC(=O)[C@@H](NC(=O)[C@@H](C)CC(C)C)C(C)C)[C@@H](C)O)C(=O)N[C@@H](C)C(N)=O)C(=O)N[C@@H](CC(=O)O)C(=O)N[C@@H](Cc2c[nH]c3ccccc23)C(=O)N[C@H](C(=O)N[C@@H](Cc2ccc(-c3ccccc3)cc2)C(=O)N[C@H](C(=O)N(C)[C@@H](C)C(=O)N[C@H](CC(C)C)C(N)=O)C(C)C)C(C)C)c1. The van der Waals surface area contributed by atoms with Gasteiger partial charge in [-0.1, -0.05) is 161 Å². The third-order valence-corrected chi connectivity index (χ3v) is 21.7. The molecular weight excluding hydrogens is 1620 g/mol. The number of hydrogen-bond acceptors (Lipinski definition) is 20. The van der Waals surface area contributed by atoms with Crippen molar-refractivity contribution in [1.29, 1.82) is 0 Å². The Hall–Kier alpha value is -12.0. The van der Waals surface area contributed by atoms with Gasteiger partial charge in [0.25, 0.3) is 0 Å². The highest BCUT2D eigenvalue weighted by Gasteiger charge is 2.41. The molecule has 1 heterocycles. The Morgan fingerprint density at radius 3 is 1.47 bits per heavy atom. The Morgan fingerprint density at radius 2 is 0.919 bits per heavy atom. The third kappa shape index (κ3) is 32.0. The second-order valence-corrected chi connectivity index (χ2v) is 34.0. The first-order valence-electron chi connectivity index (χ1n) is 41.3. The van der Waals surface area contributed by atoms with Crippen molar-refractivity contribution in [2.45, 2.75) is 220 Å². The van der Waals surface area contributed by atoms with Crippen LogP contribution in [0.5, 0.6) is 5.75 Å². The van der Waals surface area contributed by atoms with Gasteiger partial charge in [-0.05, 0) is 109 Å². The summed E-state index contributed by atoms with van der Waals surface area (Å²) >= 11 is 0.736. The number of methoxy groups -OCH3 is 1. The minimum Gasteiger partial charge on any atom is -0.497 e. The second kappa shape index (κ2) is 49.3. The molecule has 0 aliphatic heterocycles. The largest absolute Gasteiger partial charge is 0.497 e. The average molecular weight is 1750 g/mol. The summed E-state index contributed by atoms with van der Waals surface area (Å²) in [6, 6.07) is 10.5. The van der Waals surface area contributed by atoms with Crippen molar-refractivity contribution in [1.82, 2.24) is 73.7 Å². The van der Waals surface area contributed by atoms with Crippen LogP contribution in [0.4, 0.5) is 0 Å². The maximum Gasteiger partial charge on any atom is 0.305 e. The number of nitrogens with one attached hydrogen (secondary N) is 13. The molecule has 0 unspecified atom stereocenters. The molecule has 0 aliphatic carbocycles. The molecule has 4 aromatic carbocycles. The Bertz CT molecular complexity index is 4520. The van der Waals surface area contributed by atoms with Gasteiger partial charge in [0.2, 0.25) is 88.6 Å². The van der Waals surface area contributed by atoms with Gasteiger partial charge in [-0.3, -0.25) is 76.7 Å². The molecule has 0 saturated carbocycles. The number of nitrogens with two attached hydrogens (primary N) is 3. The van der Waals surface area contributed by atoms with Crippen LogP contribution >= 0.6 is 11.8 Å². The molecule has 37 heteroatoms. The van der Waals surface area contributed by atoms with Gasteiger partial charge >= 0.3 is 5.97 Å². The molecule has 0 radical (unpaired) electrons. The van der Waals surface area contributed by atoms with Crippen molar-refractivity contribution in [3.63, 3.8) is 0 Å². The number of nitrogens with zero attached hydrogens (tertiary/aromatic N) is 1. The summed E-state index contributed by atoms with van der Waals surface area (Å²) in [5.74, 6) is -18.0. The quantitative estimate of drug-likeness (QED) is 0.0256. The van der Waals surface area contributed by atoms with E-state index in [2.05, 4.69) is 68.8 Å². The predicted octanol–water partition coefficient (Wildman–Crippen LogP) is 0.770. The summed E-state index contributed by atoms with van der Waals surface area (Å²) in [4.78, 5) is 228. The monoisotopic (exact) mass is 1740 g/mol. The van der Waals surface area contributed by atoms with Gasteiger partial charge in [0.05, 0.1) is 25.4 Å². The van der Waals surface area contributed by atoms with E-state index >= 15 is 9.59 Å². The number of primary amides is 2. The average Bonchev–Trinajstić information content (AvgIpc) is 1.56. The number of likely N-dealkylation sites (N-methyl/N-ethyl adjacent to an activating group) is 1. The topological polar surface area (TPSA) is 564 Å². The molecule has 21 N–H and O–H groups in total. The molecule has 15 amide bonds. The molecule has 0 spiro atoms. The summed E-state index contributed by atoms with van der Waals surface area (Å²) < 4.78 is 5.42. The van der Waals surface area contributed by atoms with E-state index < -0.39 is 227 Å². The molecule has 0 saturated heterocycles. The maximum absolute atomic E-state index is 15.2. The van der Waals surface area contributed by atoms with E-state index in [0.717, 1.165) is 27.8 Å². The molecule has 0 bridgehead atoms. The van der Waals surface area contributed by atoms with E-state index in [1.54, 1.807) is 109 Å². The third-order valence-electron chi connectivity index (χ3n) is 20.6. The number of carbonyl (C=O) groups excluding carboxylic acids is 15. The molecular formula is C87H125N17O19S. The van der Waals surface area contributed by atoms with Crippen molar-refractivity contribution in [3.8, 4) is 16.9 Å². The normalized spacial score (nSPS) is 15.0. The number of H-pyrrole nitrogens is 1. The van der Waals surface area contributed by atoms with E-state index in [1.807, 2.05) is 70.2 Å². The van der Waals surface area contributed by atoms with Gasteiger partial charge in [-0.2, -0.15) is 0 Å². The summed E-state index contributed by atoms with van der Waals surface area (Å²) in [5.41, 5.74) is 20.9. The number of aromatic nitrogens is 1. The zero-order valence-electron chi connectivity index (χ0n) is 73.2. The molecule has 15 atom stereocenters. The van der Waals surface area contributed by atoms with E-state index in [9.17, 15) is 77.3 Å². The van der Waals surface area contributed by atoms with Crippen LogP contribution in [0.15, 0.2) is 109 Å². The number of fused-ring (bicyclic) bond motifs is 1. The van der Waals surface area contributed by atoms with Gasteiger partial charge < -0.3 is 106 Å². The molecule has 124 heavy (non-hydrogen) atoms. The van der Waals surface area contributed by atoms with Gasteiger partial charge in [-0.25, -0.2) is 0 Å². The van der Waals surface area contributed by atoms with E-state index in [1.165, 1.54) is 41.0 Å². The Labute approximate surface area is 727 Å². The summed E-state index contributed by atoms with van der Waals surface area (Å²) in [6.45, 7) is 22.4. The lowest BCUT2D eigenvalue weighted by atomic mass is 9.96. The van der Waals surface area contributed by atoms with Crippen LogP contribution in [0.1, 0.15) is 133 Å². The molecule has 0 fully saturated rings. The minimum atomic E-state index is -2.03. The molecule has 0 aliphatic rings. The Kier molecular flexibility index (Phi) is 40.8. The van der Waals surface area contributed by atoms with Gasteiger partial charge in [-0.15, -0.1) is 11.8 Å². The van der Waals surface area contributed by atoms with Gasteiger partial charge in [0.1, 0.15) is 84.3 Å². The number of aromatic amines is 1. The number of ether oxygens (including phenoxy) is 1. The number of thioether (sulfide) groups is 1. The summed E-state index contributed by atoms with van der Waals surface area (Å²) in [6.07, 6.45) is -1.26. The molecule has 5 aromatic rings. The lowest BCUT2D eigenvalue weighted by Gasteiger charge is -2.32. The fourth-order valence-corrected chi connectivity index (χ4v) is 14.2. The number of carboxylic acid groups (broad SMARTS) is 1. The summed E-state index contributed by atoms with van der Waals surface area (Å²) in [5, 5.41) is 52.8. The van der Waals surface area contributed by atoms with Crippen molar-refractivity contribution in [2.75, 3.05) is 32.2 Å². The number of hydrogen-bond donors (Lipinski definition) is 18. The zero-order chi connectivity index (χ0) is 92.7. The van der Waals surface area contributed by atoms with Crippen LogP contribution in [-0.4, -0.2) is 232 Å². The number of para-hydroxylation sites is 1. The van der Waals surface area contributed by atoms with E-state index in [0.29, 0.717) is 39.8 Å². The highest BCUT2D eigenvalue weighted by atomic mass is 32.2. The predicted molar refractivity (Wildman–Crippen MR) is 467 cm³/mol.